The molecule has 1 aromatic heterocycles. The molecule has 2 amide bonds. The number of urea groups is 1. The van der Waals surface area contributed by atoms with Gasteiger partial charge in [-0.05, 0) is 44.2 Å². The molecule has 0 atom stereocenters. The molecule has 0 saturated heterocycles. The van der Waals surface area contributed by atoms with Gasteiger partial charge in [0.2, 0.25) is 0 Å². The Morgan fingerprint density at radius 3 is 2.54 bits per heavy atom. The molecule has 1 heterocycles. The monoisotopic (exact) mass is 395 g/mol. The van der Waals surface area contributed by atoms with E-state index < -0.39 is 6.03 Å². The summed E-state index contributed by atoms with van der Waals surface area (Å²) in [6.45, 7) is 4.77. The molecule has 7 nitrogen and oxygen atoms in total. The molecule has 0 aliphatic carbocycles. The summed E-state index contributed by atoms with van der Waals surface area (Å²) in [5.41, 5.74) is 8.34. The first-order valence-electron chi connectivity index (χ1n) is 8.80. The topological polar surface area (TPSA) is 103 Å². The number of amides is 2. The minimum absolute atomic E-state index is 0.0293. The van der Waals surface area contributed by atoms with Crippen molar-refractivity contribution in [3.05, 3.63) is 59.7 Å². The zero-order valence-corrected chi connectivity index (χ0v) is 16.5. The Labute approximate surface area is 167 Å². The van der Waals surface area contributed by atoms with E-state index in [2.05, 4.69) is 21.6 Å². The number of thioether (sulfide) groups is 1. The van der Waals surface area contributed by atoms with E-state index in [1.54, 1.807) is 24.3 Å². The highest BCUT2D eigenvalue weighted by molar-refractivity contribution is 7.99. The second kappa shape index (κ2) is 8.71. The van der Waals surface area contributed by atoms with Crippen molar-refractivity contribution < 1.29 is 9.59 Å². The fourth-order valence-electron chi connectivity index (χ4n) is 2.77. The second-order valence-corrected chi connectivity index (χ2v) is 7.14. The number of nitrogens with two attached hydrogens (primary N) is 1. The van der Waals surface area contributed by atoms with Crippen LogP contribution in [-0.2, 0) is 6.54 Å². The molecule has 0 aliphatic heterocycles. The van der Waals surface area contributed by atoms with Crippen LogP contribution in [-0.4, -0.2) is 32.3 Å². The zero-order chi connectivity index (χ0) is 20.1. The van der Waals surface area contributed by atoms with Crippen LogP contribution in [0.5, 0.6) is 0 Å². The predicted molar refractivity (Wildman–Crippen MR) is 111 cm³/mol. The van der Waals surface area contributed by atoms with Crippen LogP contribution in [0.1, 0.15) is 22.8 Å². The quantitative estimate of drug-likeness (QED) is 0.469. The number of nitrogens with zero attached hydrogens (tertiary/aromatic N) is 3. The van der Waals surface area contributed by atoms with Gasteiger partial charge in [0, 0.05) is 23.4 Å². The van der Waals surface area contributed by atoms with E-state index in [9.17, 15) is 9.59 Å². The Bertz CT molecular complexity index is 998. The summed E-state index contributed by atoms with van der Waals surface area (Å²) in [5, 5.41) is 11.8. The van der Waals surface area contributed by atoms with Gasteiger partial charge in [-0.1, -0.05) is 35.5 Å². The number of aryl methyl sites for hydroxylation is 1. The second-order valence-electron chi connectivity index (χ2n) is 6.20. The Kier molecular flexibility index (Phi) is 6.10. The number of hydrogen-bond donors (Lipinski definition) is 2. The van der Waals surface area contributed by atoms with E-state index in [1.807, 2.05) is 36.6 Å². The third-order valence-electron chi connectivity index (χ3n) is 4.12. The van der Waals surface area contributed by atoms with Crippen molar-refractivity contribution in [3.8, 4) is 11.4 Å². The number of carbonyl (C=O) groups is 2. The fourth-order valence-corrected chi connectivity index (χ4v) is 3.67. The Balaban J connectivity index is 1.70. The number of carbonyl (C=O) groups excluding carboxylic acids is 2. The third-order valence-corrected chi connectivity index (χ3v) is 5.08. The Hall–Kier alpha value is -3.13. The van der Waals surface area contributed by atoms with Gasteiger partial charge in [0.15, 0.2) is 16.8 Å². The number of rotatable bonds is 7. The van der Waals surface area contributed by atoms with Crippen LogP contribution in [0.15, 0.2) is 53.7 Å². The number of Topliss-reactive ketones (excluding diaryl/α,β-unsaturated/α-hetero) is 1. The van der Waals surface area contributed by atoms with Crippen LogP contribution in [0.3, 0.4) is 0 Å². The molecule has 144 valence electrons. The zero-order valence-electron chi connectivity index (χ0n) is 15.7. The fraction of sp³-hybridized carbons (Fsp3) is 0.200. The van der Waals surface area contributed by atoms with E-state index in [1.165, 1.54) is 11.8 Å². The first kappa shape index (κ1) is 19.6. The highest BCUT2D eigenvalue weighted by Crippen LogP contribution is 2.25. The van der Waals surface area contributed by atoms with E-state index in [-0.39, 0.29) is 11.5 Å². The van der Waals surface area contributed by atoms with Crippen molar-refractivity contribution >= 4 is 29.3 Å². The molecule has 2 aromatic carbocycles. The van der Waals surface area contributed by atoms with E-state index in [0.29, 0.717) is 23.0 Å². The average molecular weight is 395 g/mol. The van der Waals surface area contributed by atoms with Gasteiger partial charge >= 0.3 is 6.03 Å². The van der Waals surface area contributed by atoms with Gasteiger partial charge in [-0.25, -0.2) is 4.79 Å². The lowest BCUT2D eigenvalue weighted by Gasteiger charge is -2.08. The number of benzene rings is 2. The Morgan fingerprint density at radius 1 is 1.14 bits per heavy atom. The summed E-state index contributed by atoms with van der Waals surface area (Å²) in [5.74, 6) is 1.01. The maximum atomic E-state index is 12.5. The maximum Gasteiger partial charge on any atom is 0.316 e. The molecule has 28 heavy (non-hydrogen) atoms. The standard InChI is InChI=1S/C20H21N5O2S/c1-3-25-18(15-6-4-5-13(2)11-15)23-24-20(25)28-12-17(26)14-7-9-16(10-8-14)22-19(21)27/h4-11H,3,12H2,1-2H3,(H3,21,22,27). The molecule has 8 heteroatoms. The third kappa shape index (κ3) is 4.58. The lowest BCUT2D eigenvalue weighted by Crippen LogP contribution is -2.19. The summed E-state index contributed by atoms with van der Waals surface area (Å²) in [4.78, 5) is 23.3. The molecule has 0 spiro atoms. The van der Waals surface area contributed by atoms with Crippen molar-refractivity contribution in [3.63, 3.8) is 0 Å². The molecule has 3 aromatic rings. The molecule has 0 bridgehead atoms. The van der Waals surface area contributed by atoms with Gasteiger partial charge in [-0.15, -0.1) is 10.2 Å². The lowest BCUT2D eigenvalue weighted by molar-refractivity contribution is 0.102. The highest BCUT2D eigenvalue weighted by atomic mass is 32.2. The minimum atomic E-state index is -0.641. The molecule has 0 aliphatic rings. The van der Waals surface area contributed by atoms with Crippen molar-refractivity contribution in [2.75, 3.05) is 11.1 Å². The van der Waals surface area contributed by atoms with Gasteiger partial charge in [0.1, 0.15) is 0 Å². The number of nitrogens with one attached hydrogen (secondary N) is 1. The Morgan fingerprint density at radius 2 is 1.89 bits per heavy atom. The number of anilines is 1. The summed E-state index contributed by atoms with van der Waals surface area (Å²) >= 11 is 1.36. The van der Waals surface area contributed by atoms with Crippen LogP contribution < -0.4 is 11.1 Å². The summed E-state index contributed by atoms with van der Waals surface area (Å²) in [6, 6.07) is 14.1. The van der Waals surface area contributed by atoms with Gasteiger partial charge in [-0.3, -0.25) is 4.79 Å². The van der Waals surface area contributed by atoms with Crippen LogP contribution in [0, 0.1) is 6.92 Å². The van der Waals surface area contributed by atoms with Crippen molar-refractivity contribution in [2.45, 2.75) is 25.5 Å². The highest BCUT2D eigenvalue weighted by Gasteiger charge is 2.15. The molecule has 3 rings (SSSR count). The van der Waals surface area contributed by atoms with Crippen molar-refractivity contribution in [1.82, 2.24) is 14.8 Å². The normalized spacial score (nSPS) is 10.6. The molecule has 0 saturated carbocycles. The first-order chi connectivity index (χ1) is 13.5. The van der Waals surface area contributed by atoms with Crippen LogP contribution in [0.2, 0.25) is 0 Å². The van der Waals surface area contributed by atoms with Crippen LogP contribution >= 0.6 is 11.8 Å². The molecular weight excluding hydrogens is 374 g/mol. The number of ketones is 1. The molecular formula is C20H21N5O2S. The summed E-state index contributed by atoms with van der Waals surface area (Å²) in [7, 11) is 0. The van der Waals surface area contributed by atoms with Crippen LogP contribution in [0.25, 0.3) is 11.4 Å². The van der Waals surface area contributed by atoms with E-state index in [0.717, 1.165) is 17.0 Å². The molecule has 0 radical (unpaired) electrons. The van der Waals surface area contributed by atoms with Gasteiger partial charge in [0.25, 0.3) is 0 Å². The van der Waals surface area contributed by atoms with Gasteiger partial charge in [-0.2, -0.15) is 0 Å². The number of primary amides is 1. The SMILES string of the molecule is CCn1c(SCC(=O)c2ccc(NC(N)=O)cc2)nnc1-c1cccc(C)c1. The first-order valence-corrected chi connectivity index (χ1v) is 9.79. The lowest BCUT2D eigenvalue weighted by atomic mass is 10.1. The smallest absolute Gasteiger partial charge is 0.316 e. The maximum absolute atomic E-state index is 12.5. The van der Waals surface area contributed by atoms with E-state index in [4.69, 9.17) is 5.73 Å². The van der Waals surface area contributed by atoms with Gasteiger partial charge < -0.3 is 15.6 Å². The van der Waals surface area contributed by atoms with Crippen molar-refractivity contribution in [1.29, 1.82) is 0 Å². The molecule has 0 fully saturated rings. The minimum Gasteiger partial charge on any atom is -0.351 e. The number of hydrogen-bond acceptors (Lipinski definition) is 5. The number of aromatic nitrogens is 3. The predicted octanol–water partition coefficient (Wildman–Crippen LogP) is 3.74. The summed E-state index contributed by atoms with van der Waals surface area (Å²) in [6.07, 6.45) is 0. The largest absolute Gasteiger partial charge is 0.351 e. The molecule has 0 unspecified atom stereocenters. The molecule has 3 N–H and O–H groups in total. The van der Waals surface area contributed by atoms with Gasteiger partial charge in [0.05, 0.1) is 5.75 Å². The van der Waals surface area contributed by atoms with Crippen LogP contribution in [0.4, 0.5) is 10.5 Å². The van der Waals surface area contributed by atoms with Crippen molar-refractivity contribution in [2.24, 2.45) is 5.73 Å². The summed E-state index contributed by atoms with van der Waals surface area (Å²) < 4.78 is 2.01. The van der Waals surface area contributed by atoms with E-state index >= 15 is 0 Å². The average Bonchev–Trinajstić information content (AvgIpc) is 3.09.